The second-order valence-corrected chi connectivity index (χ2v) is 6.13. The molecule has 2 fully saturated rings. The number of aromatic amines is 1. The predicted octanol–water partition coefficient (Wildman–Crippen LogP) is -0.790. The van der Waals surface area contributed by atoms with Gasteiger partial charge in [0, 0.05) is 49.9 Å². The largest absolute Gasteiger partial charge is 0.483 e. The van der Waals surface area contributed by atoms with E-state index in [0.29, 0.717) is 18.1 Å². The van der Waals surface area contributed by atoms with E-state index in [9.17, 15) is 9.59 Å². The maximum absolute atomic E-state index is 12.0. The van der Waals surface area contributed by atoms with E-state index < -0.39 is 0 Å². The van der Waals surface area contributed by atoms with Crippen LogP contribution in [0.1, 0.15) is 11.4 Å². The van der Waals surface area contributed by atoms with Gasteiger partial charge in [-0.1, -0.05) is 0 Å². The zero-order chi connectivity index (χ0) is 17.3. The highest BCUT2D eigenvalue weighted by molar-refractivity contribution is 5.81. The summed E-state index contributed by atoms with van der Waals surface area (Å²) in [6.07, 6.45) is 0. The third-order valence-electron chi connectivity index (χ3n) is 4.41. The number of carbonyl (C=O) groups excluding carboxylic acids is 1. The summed E-state index contributed by atoms with van der Waals surface area (Å²) in [7, 11) is 0. The number of nitrogens with one attached hydrogen (secondary N) is 2. The number of aromatic nitrogens is 3. The van der Waals surface area contributed by atoms with Crippen molar-refractivity contribution in [2.75, 3.05) is 19.6 Å². The van der Waals surface area contributed by atoms with Crippen LogP contribution in [0, 0.1) is 18.8 Å². The minimum atomic E-state index is -0.250. The Hall–Kier alpha value is -2.68. The highest BCUT2D eigenvalue weighted by atomic mass is 16.3. The van der Waals surface area contributed by atoms with Crippen LogP contribution in [0.25, 0.3) is 5.65 Å². The van der Waals surface area contributed by atoms with Gasteiger partial charge in [-0.25, -0.2) is 9.50 Å². The SMILES string of the molecule is Cc1cc2nc(CN3C[C@@H]4CNC(=O)[C@@H]4C3)cc(=O)n2[nH]1.O=CO. The zero-order valence-electron chi connectivity index (χ0n) is 13.2. The number of aryl methyl sites for hydroxylation is 1. The van der Waals surface area contributed by atoms with Gasteiger partial charge in [-0.15, -0.1) is 0 Å². The number of carboxylic acid groups (broad SMARTS) is 1. The number of carbonyl (C=O) groups is 2. The molecule has 0 aliphatic carbocycles. The van der Waals surface area contributed by atoms with E-state index in [1.807, 2.05) is 13.0 Å². The maximum Gasteiger partial charge on any atom is 0.290 e. The first kappa shape index (κ1) is 16.2. The molecule has 4 heterocycles. The molecule has 0 aromatic carbocycles. The third kappa shape index (κ3) is 3.02. The molecule has 24 heavy (non-hydrogen) atoms. The summed E-state index contributed by atoms with van der Waals surface area (Å²) >= 11 is 0. The Bertz CT molecular complexity index is 827. The van der Waals surface area contributed by atoms with E-state index in [0.717, 1.165) is 31.0 Å². The van der Waals surface area contributed by atoms with Crippen molar-refractivity contribution in [3.63, 3.8) is 0 Å². The number of nitrogens with zero attached hydrogens (tertiary/aromatic N) is 3. The highest BCUT2D eigenvalue weighted by Gasteiger charge is 2.41. The first-order chi connectivity index (χ1) is 11.5. The summed E-state index contributed by atoms with van der Waals surface area (Å²) in [6, 6.07) is 3.42. The Morgan fingerprint density at radius 1 is 1.38 bits per heavy atom. The second-order valence-electron chi connectivity index (χ2n) is 6.13. The summed E-state index contributed by atoms with van der Waals surface area (Å²) in [6.45, 7) is 4.68. The molecule has 0 bridgehead atoms. The molecule has 128 valence electrons. The first-order valence-electron chi connectivity index (χ1n) is 7.68. The fraction of sp³-hybridized carbons (Fsp3) is 0.467. The molecule has 0 spiro atoms. The molecule has 0 radical (unpaired) electrons. The number of likely N-dealkylation sites (tertiary alicyclic amines) is 1. The van der Waals surface area contributed by atoms with Crippen LogP contribution in [-0.4, -0.2) is 56.6 Å². The van der Waals surface area contributed by atoms with Gasteiger partial charge in [-0.2, -0.15) is 0 Å². The summed E-state index contributed by atoms with van der Waals surface area (Å²) in [5, 5.41) is 12.8. The summed E-state index contributed by atoms with van der Waals surface area (Å²) < 4.78 is 1.45. The van der Waals surface area contributed by atoms with E-state index >= 15 is 0 Å². The lowest BCUT2D eigenvalue weighted by Gasteiger charge is -2.15. The number of fused-ring (bicyclic) bond motifs is 2. The number of hydrogen-bond acceptors (Lipinski definition) is 5. The number of amides is 1. The Morgan fingerprint density at radius 2 is 2.12 bits per heavy atom. The molecular weight excluding hydrogens is 314 g/mol. The minimum absolute atomic E-state index is 0.0970. The molecule has 2 saturated heterocycles. The van der Waals surface area contributed by atoms with Gasteiger partial charge in [0.15, 0.2) is 5.65 Å². The molecule has 2 aromatic rings. The molecule has 0 saturated carbocycles. The molecule has 2 aromatic heterocycles. The van der Waals surface area contributed by atoms with Crippen LogP contribution < -0.4 is 10.9 Å². The van der Waals surface area contributed by atoms with Crippen molar-refractivity contribution < 1.29 is 14.7 Å². The Labute approximate surface area is 137 Å². The second kappa shape index (κ2) is 6.44. The normalized spacial score (nSPS) is 22.8. The van der Waals surface area contributed by atoms with Gasteiger partial charge >= 0.3 is 0 Å². The van der Waals surface area contributed by atoms with Gasteiger partial charge in [-0.3, -0.25) is 24.4 Å². The molecule has 2 aliphatic rings. The van der Waals surface area contributed by atoms with Gasteiger partial charge in [0.25, 0.3) is 12.0 Å². The lowest BCUT2D eigenvalue weighted by Crippen LogP contribution is -2.29. The van der Waals surface area contributed by atoms with Crippen molar-refractivity contribution in [1.29, 1.82) is 0 Å². The average molecular weight is 333 g/mol. The Kier molecular flexibility index (Phi) is 4.34. The van der Waals surface area contributed by atoms with E-state index in [1.165, 1.54) is 4.52 Å². The average Bonchev–Trinajstić information content (AvgIpc) is 3.17. The van der Waals surface area contributed by atoms with Crippen molar-refractivity contribution in [3.8, 4) is 0 Å². The van der Waals surface area contributed by atoms with Crippen molar-refractivity contribution in [1.82, 2.24) is 24.8 Å². The van der Waals surface area contributed by atoms with Gasteiger partial charge in [0.1, 0.15) is 0 Å². The number of rotatable bonds is 2. The lowest BCUT2D eigenvalue weighted by molar-refractivity contribution is -0.123. The van der Waals surface area contributed by atoms with Crippen LogP contribution in [0.2, 0.25) is 0 Å². The number of hydrogen-bond donors (Lipinski definition) is 3. The van der Waals surface area contributed by atoms with Crippen LogP contribution in [0.3, 0.4) is 0 Å². The lowest BCUT2D eigenvalue weighted by atomic mass is 10.0. The van der Waals surface area contributed by atoms with Gasteiger partial charge < -0.3 is 10.4 Å². The van der Waals surface area contributed by atoms with E-state index in [4.69, 9.17) is 9.90 Å². The van der Waals surface area contributed by atoms with Crippen LogP contribution >= 0.6 is 0 Å². The van der Waals surface area contributed by atoms with E-state index in [2.05, 4.69) is 20.3 Å². The van der Waals surface area contributed by atoms with E-state index in [-0.39, 0.29) is 23.9 Å². The standard InChI is InChI=1S/C14H17N5O2.CH2O2/c1-8-2-12-16-10(3-13(20)19(12)17-8)6-18-5-9-4-15-14(21)11(9)7-18;2-1-3/h2-3,9,11,17H,4-7H2,1H3,(H,15,21);1H,(H,2,3)/t9-,11+;/m0./s1. The van der Waals surface area contributed by atoms with Crippen LogP contribution in [0.5, 0.6) is 0 Å². The zero-order valence-corrected chi connectivity index (χ0v) is 13.2. The molecule has 4 rings (SSSR count). The predicted molar refractivity (Wildman–Crippen MR) is 84.5 cm³/mol. The van der Waals surface area contributed by atoms with Crippen molar-refractivity contribution in [3.05, 3.63) is 33.9 Å². The third-order valence-corrected chi connectivity index (χ3v) is 4.41. The Balaban J connectivity index is 0.000000526. The first-order valence-corrected chi connectivity index (χ1v) is 7.68. The molecule has 9 heteroatoms. The molecule has 2 atom stereocenters. The molecule has 1 amide bonds. The smallest absolute Gasteiger partial charge is 0.290 e. The van der Waals surface area contributed by atoms with Crippen molar-refractivity contribution >= 4 is 18.0 Å². The Morgan fingerprint density at radius 3 is 2.83 bits per heavy atom. The van der Waals surface area contributed by atoms with E-state index in [1.54, 1.807) is 6.07 Å². The molecular formula is C15H19N5O4. The molecule has 2 aliphatic heterocycles. The minimum Gasteiger partial charge on any atom is -0.483 e. The van der Waals surface area contributed by atoms with Crippen molar-refractivity contribution in [2.24, 2.45) is 11.8 Å². The summed E-state index contributed by atoms with van der Waals surface area (Å²) in [4.78, 5) is 38.8. The maximum atomic E-state index is 12.0. The van der Waals surface area contributed by atoms with Crippen LogP contribution in [0.4, 0.5) is 0 Å². The van der Waals surface area contributed by atoms with Gasteiger partial charge in [0.2, 0.25) is 5.91 Å². The van der Waals surface area contributed by atoms with Gasteiger partial charge in [0.05, 0.1) is 11.6 Å². The molecule has 9 nitrogen and oxygen atoms in total. The molecule has 0 unspecified atom stereocenters. The quantitative estimate of drug-likeness (QED) is 0.620. The van der Waals surface area contributed by atoms with Crippen molar-refractivity contribution in [2.45, 2.75) is 13.5 Å². The topological polar surface area (TPSA) is 120 Å². The number of H-pyrrole nitrogens is 1. The van der Waals surface area contributed by atoms with Crippen LogP contribution in [-0.2, 0) is 16.1 Å². The fourth-order valence-corrected chi connectivity index (χ4v) is 3.43. The summed E-state index contributed by atoms with van der Waals surface area (Å²) in [5.74, 6) is 0.661. The van der Waals surface area contributed by atoms with Crippen LogP contribution in [0.15, 0.2) is 16.9 Å². The van der Waals surface area contributed by atoms with Gasteiger partial charge in [-0.05, 0) is 6.92 Å². The molecule has 3 N–H and O–H groups in total. The fourth-order valence-electron chi connectivity index (χ4n) is 3.43. The highest BCUT2D eigenvalue weighted by Crippen LogP contribution is 2.27. The monoisotopic (exact) mass is 333 g/mol. The summed E-state index contributed by atoms with van der Waals surface area (Å²) in [5.41, 5.74) is 2.22.